The van der Waals surface area contributed by atoms with Crippen LogP contribution in [0.3, 0.4) is 0 Å². The number of piperazine rings is 1. The van der Waals surface area contributed by atoms with E-state index in [9.17, 15) is 9.59 Å². The summed E-state index contributed by atoms with van der Waals surface area (Å²) in [6.45, 7) is 3.88. The molecule has 0 atom stereocenters. The third-order valence-corrected chi connectivity index (χ3v) is 4.36. The SMILES string of the molecule is CCc1ocnc1C(=O)N1CCN(C(=O)c2ccc(OC)cc2)CC1. The molecule has 0 spiro atoms. The van der Waals surface area contributed by atoms with E-state index in [1.54, 1.807) is 41.2 Å². The number of aromatic nitrogens is 1. The molecule has 1 aromatic heterocycles. The number of carbonyl (C=O) groups is 2. The number of ether oxygens (including phenoxy) is 1. The molecule has 0 aliphatic carbocycles. The molecule has 2 aromatic rings. The Bertz CT molecular complexity index is 746. The number of hydrogen-bond acceptors (Lipinski definition) is 5. The molecular formula is C18H21N3O4. The zero-order chi connectivity index (χ0) is 17.8. The van der Waals surface area contributed by atoms with Crippen molar-refractivity contribution in [2.24, 2.45) is 0 Å². The Morgan fingerprint density at radius 3 is 2.24 bits per heavy atom. The van der Waals surface area contributed by atoms with Gasteiger partial charge in [0.2, 0.25) is 0 Å². The summed E-state index contributed by atoms with van der Waals surface area (Å²) in [5.74, 6) is 1.14. The largest absolute Gasteiger partial charge is 0.497 e. The zero-order valence-corrected chi connectivity index (χ0v) is 14.4. The molecule has 132 valence electrons. The van der Waals surface area contributed by atoms with Crippen molar-refractivity contribution in [3.05, 3.63) is 47.7 Å². The topological polar surface area (TPSA) is 75.9 Å². The van der Waals surface area contributed by atoms with Crippen LogP contribution in [0.25, 0.3) is 0 Å². The quantitative estimate of drug-likeness (QED) is 0.847. The van der Waals surface area contributed by atoms with Crippen molar-refractivity contribution in [1.29, 1.82) is 0 Å². The molecule has 3 rings (SSSR count). The number of hydrogen-bond donors (Lipinski definition) is 0. The van der Waals surface area contributed by atoms with Crippen LogP contribution in [0, 0.1) is 0 Å². The molecule has 1 saturated heterocycles. The van der Waals surface area contributed by atoms with E-state index < -0.39 is 0 Å². The van der Waals surface area contributed by atoms with Crippen LogP contribution in [0.2, 0.25) is 0 Å². The fourth-order valence-electron chi connectivity index (χ4n) is 2.87. The summed E-state index contributed by atoms with van der Waals surface area (Å²) >= 11 is 0. The third-order valence-electron chi connectivity index (χ3n) is 4.36. The maximum Gasteiger partial charge on any atom is 0.276 e. The fourth-order valence-corrected chi connectivity index (χ4v) is 2.87. The molecule has 1 aliphatic heterocycles. The normalized spacial score (nSPS) is 14.5. The predicted octanol–water partition coefficient (Wildman–Crippen LogP) is 1.84. The molecule has 1 fully saturated rings. The Balaban J connectivity index is 1.61. The van der Waals surface area contributed by atoms with Gasteiger partial charge in [0.25, 0.3) is 11.8 Å². The van der Waals surface area contributed by atoms with Gasteiger partial charge in [-0.3, -0.25) is 9.59 Å². The van der Waals surface area contributed by atoms with Gasteiger partial charge in [0, 0.05) is 38.2 Å². The Labute approximate surface area is 146 Å². The van der Waals surface area contributed by atoms with E-state index in [0.29, 0.717) is 55.4 Å². The molecule has 0 unspecified atom stereocenters. The van der Waals surface area contributed by atoms with E-state index in [-0.39, 0.29) is 11.8 Å². The van der Waals surface area contributed by atoms with Gasteiger partial charge in [-0.1, -0.05) is 6.92 Å². The standard InChI is InChI=1S/C18H21N3O4/c1-3-15-16(19-12-25-15)18(23)21-10-8-20(9-11-21)17(22)13-4-6-14(24-2)7-5-13/h4-7,12H,3,8-11H2,1-2H3. The van der Waals surface area contributed by atoms with Crippen molar-refractivity contribution in [2.75, 3.05) is 33.3 Å². The van der Waals surface area contributed by atoms with Crippen LogP contribution in [0.15, 0.2) is 35.1 Å². The minimum Gasteiger partial charge on any atom is -0.497 e. The highest BCUT2D eigenvalue weighted by Gasteiger charge is 2.28. The average molecular weight is 343 g/mol. The smallest absolute Gasteiger partial charge is 0.276 e. The first-order valence-corrected chi connectivity index (χ1v) is 8.29. The van der Waals surface area contributed by atoms with Crippen LogP contribution < -0.4 is 4.74 Å². The van der Waals surface area contributed by atoms with E-state index in [1.807, 2.05) is 6.92 Å². The Kier molecular flexibility index (Phi) is 5.02. The summed E-state index contributed by atoms with van der Waals surface area (Å²) in [5, 5.41) is 0. The molecule has 2 amide bonds. The van der Waals surface area contributed by atoms with Crippen LogP contribution in [0.1, 0.15) is 33.5 Å². The molecule has 25 heavy (non-hydrogen) atoms. The van der Waals surface area contributed by atoms with E-state index in [4.69, 9.17) is 9.15 Å². The summed E-state index contributed by atoms with van der Waals surface area (Å²) < 4.78 is 10.3. The highest BCUT2D eigenvalue weighted by atomic mass is 16.5. The molecule has 0 radical (unpaired) electrons. The van der Waals surface area contributed by atoms with Crippen molar-refractivity contribution >= 4 is 11.8 Å². The number of rotatable bonds is 4. The molecule has 2 heterocycles. The van der Waals surface area contributed by atoms with Crippen LogP contribution in [-0.2, 0) is 6.42 Å². The lowest BCUT2D eigenvalue weighted by molar-refractivity contribution is 0.0531. The second-order valence-electron chi connectivity index (χ2n) is 5.79. The number of nitrogens with zero attached hydrogens (tertiary/aromatic N) is 3. The molecule has 7 heteroatoms. The van der Waals surface area contributed by atoms with E-state index in [1.165, 1.54) is 6.39 Å². The van der Waals surface area contributed by atoms with Gasteiger partial charge in [-0.05, 0) is 24.3 Å². The number of methoxy groups -OCH3 is 1. The van der Waals surface area contributed by atoms with Gasteiger partial charge in [-0.25, -0.2) is 4.98 Å². The predicted molar refractivity (Wildman–Crippen MR) is 90.7 cm³/mol. The third kappa shape index (κ3) is 3.50. The molecule has 0 N–H and O–H groups in total. The number of carbonyl (C=O) groups excluding carboxylic acids is 2. The lowest BCUT2D eigenvalue weighted by atomic mass is 10.1. The molecule has 1 aliphatic rings. The Morgan fingerprint density at radius 1 is 1.08 bits per heavy atom. The van der Waals surface area contributed by atoms with Gasteiger partial charge in [0.15, 0.2) is 12.1 Å². The second-order valence-corrected chi connectivity index (χ2v) is 5.79. The lowest BCUT2D eigenvalue weighted by Gasteiger charge is -2.34. The van der Waals surface area contributed by atoms with E-state index in [2.05, 4.69) is 4.98 Å². The van der Waals surface area contributed by atoms with Crippen LogP contribution in [0.5, 0.6) is 5.75 Å². The molecular weight excluding hydrogens is 322 g/mol. The van der Waals surface area contributed by atoms with Gasteiger partial charge in [-0.15, -0.1) is 0 Å². The van der Waals surface area contributed by atoms with Gasteiger partial charge >= 0.3 is 0 Å². The van der Waals surface area contributed by atoms with Crippen LogP contribution >= 0.6 is 0 Å². The van der Waals surface area contributed by atoms with Gasteiger partial charge in [0.1, 0.15) is 11.5 Å². The maximum atomic E-state index is 12.6. The van der Waals surface area contributed by atoms with Gasteiger partial charge in [0.05, 0.1) is 7.11 Å². The summed E-state index contributed by atoms with van der Waals surface area (Å²) in [6.07, 6.45) is 1.92. The van der Waals surface area contributed by atoms with Gasteiger partial charge < -0.3 is 19.0 Å². The minimum absolute atomic E-state index is 0.0366. The Morgan fingerprint density at radius 2 is 1.68 bits per heavy atom. The van der Waals surface area contributed by atoms with E-state index >= 15 is 0 Å². The fraction of sp³-hybridized carbons (Fsp3) is 0.389. The van der Waals surface area contributed by atoms with Crippen molar-refractivity contribution in [3.63, 3.8) is 0 Å². The number of aryl methyl sites for hydroxylation is 1. The van der Waals surface area contributed by atoms with Crippen LogP contribution in [0.4, 0.5) is 0 Å². The van der Waals surface area contributed by atoms with Crippen molar-refractivity contribution in [1.82, 2.24) is 14.8 Å². The van der Waals surface area contributed by atoms with E-state index in [0.717, 1.165) is 0 Å². The average Bonchev–Trinajstić information content (AvgIpc) is 3.16. The monoisotopic (exact) mass is 343 g/mol. The lowest BCUT2D eigenvalue weighted by Crippen LogP contribution is -2.50. The van der Waals surface area contributed by atoms with Gasteiger partial charge in [-0.2, -0.15) is 0 Å². The second kappa shape index (κ2) is 7.38. The molecule has 0 saturated carbocycles. The van der Waals surface area contributed by atoms with Crippen molar-refractivity contribution < 1.29 is 18.7 Å². The highest BCUT2D eigenvalue weighted by Crippen LogP contribution is 2.16. The minimum atomic E-state index is -0.137. The number of benzene rings is 1. The number of amides is 2. The molecule has 1 aromatic carbocycles. The molecule has 0 bridgehead atoms. The highest BCUT2D eigenvalue weighted by molar-refractivity contribution is 5.95. The van der Waals surface area contributed by atoms with Crippen molar-refractivity contribution in [3.8, 4) is 5.75 Å². The summed E-state index contributed by atoms with van der Waals surface area (Å²) in [4.78, 5) is 32.6. The van der Waals surface area contributed by atoms with Crippen molar-refractivity contribution in [2.45, 2.75) is 13.3 Å². The first kappa shape index (κ1) is 17.0. The zero-order valence-electron chi connectivity index (χ0n) is 14.4. The maximum absolute atomic E-state index is 12.6. The summed E-state index contributed by atoms with van der Waals surface area (Å²) in [6, 6.07) is 7.04. The molecule has 7 nitrogen and oxygen atoms in total. The Hall–Kier alpha value is -2.83. The summed E-state index contributed by atoms with van der Waals surface area (Å²) in [5.41, 5.74) is 0.989. The first-order chi connectivity index (χ1) is 12.1. The van der Waals surface area contributed by atoms with Crippen LogP contribution in [-0.4, -0.2) is 59.9 Å². The first-order valence-electron chi connectivity index (χ1n) is 8.29. The summed E-state index contributed by atoms with van der Waals surface area (Å²) in [7, 11) is 1.59. The number of oxazole rings is 1.